The van der Waals surface area contributed by atoms with Crippen molar-refractivity contribution in [1.29, 1.82) is 0 Å². The Labute approximate surface area is 131 Å². The molecular weight excluding hydrogens is 276 g/mol. The molecule has 0 bridgehead atoms. The molecule has 0 spiro atoms. The van der Waals surface area contributed by atoms with Gasteiger partial charge in [0, 0.05) is 0 Å². The fourth-order valence-electron chi connectivity index (χ4n) is 2.41. The van der Waals surface area contributed by atoms with Gasteiger partial charge in [-0.05, 0) is 44.0 Å². The normalized spacial score (nSPS) is 11.6. The summed E-state index contributed by atoms with van der Waals surface area (Å²) >= 11 is 0. The maximum Gasteiger partial charge on any atom is 0.319 e. The number of urea groups is 1. The largest absolute Gasteiger partial charge is 0.495 e. The number of hydrogen-bond acceptors (Lipinski definition) is 2. The van der Waals surface area contributed by atoms with Gasteiger partial charge in [0.25, 0.3) is 0 Å². The van der Waals surface area contributed by atoms with Crippen molar-refractivity contribution in [2.24, 2.45) is 0 Å². The molecule has 4 nitrogen and oxygen atoms in total. The maximum absolute atomic E-state index is 12.2. The third-order valence-corrected chi connectivity index (χ3v) is 3.60. The second kappa shape index (κ2) is 6.98. The van der Waals surface area contributed by atoms with Crippen molar-refractivity contribution in [3.05, 3.63) is 59.2 Å². The number of rotatable bonds is 4. The number of para-hydroxylation sites is 2. The van der Waals surface area contributed by atoms with Crippen LogP contribution in [-0.2, 0) is 0 Å². The Kier molecular flexibility index (Phi) is 5.04. The minimum absolute atomic E-state index is 0.0744. The average molecular weight is 298 g/mol. The summed E-state index contributed by atoms with van der Waals surface area (Å²) in [5.41, 5.74) is 4.11. The molecule has 0 fully saturated rings. The zero-order chi connectivity index (χ0) is 16.1. The maximum atomic E-state index is 12.2. The third kappa shape index (κ3) is 3.79. The number of nitrogens with one attached hydrogen (secondary N) is 2. The van der Waals surface area contributed by atoms with Crippen LogP contribution in [0, 0.1) is 13.8 Å². The minimum atomic E-state index is -0.252. The smallest absolute Gasteiger partial charge is 0.319 e. The zero-order valence-electron chi connectivity index (χ0n) is 13.4. The van der Waals surface area contributed by atoms with Gasteiger partial charge in [-0.2, -0.15) is 0 Å². The summed E-state index contributed by atoms with van der Waals surface area (Å²) in [6, 6.07) is 13.2. The van der Waals surface area contributed by atoms with Crippen molar-refractivity contribution < 1.29 is 9.53 Å². The van der Waals surface area contributed by atoms with Crippen LogP contribution in [0.3, 0.4) is 0 Å². The van der Waals surface area contributed by atoms with Gasteiger partial charge < -0.3 is 15.4 Å². The topological polar surface area (TPSA) is 50.4 Å². The van der Waals surface area contributed by atoms with E-state index in [9.17, 15) is 4.79 Å². The van der Waals surface area contributed by atoms with Crippen LogP contribution in [-0.4, -0.2) is 13.1 Å². The molecule has 4 heteroatoms. The molecule has 116 valence electrons. The third-order valence-electron chi connectivity index (χ3n) is 3.60. The van der Waals surface area contributed by atoms with Crippen LogP contribution >= 0.6 is 0 Å². The monoisotopic (exact) mass is 298 g/mol. The van der Waals surface area contributed by atoms with E-state index < -0.39 is 0 Å². The first-order chi connectivity index (χ1) is 10.5. The molecule has 0 aliphatic heterocycles. The van der Waals surface area contributed by atoms with E-state index >= 15 is 0 Å². The van der Waals surface area contributed by atoms with Gasteiger partial charge in [-0.15, -0.1) is 0 Å². The lowest BCUT2D eigenvalue weighted by atomic mass is 10.0. The summed E-state index contributed by atoms with van der Waals surface area (Å²) in [5, 5.41) is 5.78. The molecule has 2 amide bonds. The summed E-state index contributed by atoms with van der Waals surface area (Å²) in [4.78, 5) is 12.2. The van der Waals surface area contributed by atoms with Crippen LogP contribution in [0.15, 0.2) is 42.5 Å². The summed E-state index contributed by atoms with van der Waals surface area (Å²) in [6.45, 7) is 6.07. The van der Waals surface area contributed by atoms with Crippen LogP contribution in [0.2, 0.25) is 0 Å². The molecule has 1 atom stereocenters. The molecule has 0 heterocycles. The van der Waals surface area contributed by atoms with Gasteiger partial charge in [-0.1, -0.05) is 35.9 Å². The highest BCUT2D eigenvalue weighted by Gasteiger charge is 2.13. The number of ether oxygens (including phenoxy) is 1. The van der Waals surface area contributed by atoms with E-state index in [1.165, 1.54) is 5.56 Å². The number of anilines is 1. The number of carbonyl (C=O) groups excluding carboxylic acids is 1. The first-order valence-electron chi connectivity index (χ1n) is 7.29. The molecule has 2 aromatic rings. The van der Waals surface area contributed by atoms with Crippen molar-refractivity contribution in [3.63, 3.8) is 0 Å². The van der Waals surface area contributed by atoms with Crippen molar-refractivity contribution in [2.75, 3.05) is 12.4 Å². The highest BCUT2D eigenvalue weighted by molar-refractivity contribution is 5.91. The molecule has 0 aliphatic carbocycles. The Hall–Kier alpha value is -2.49. The van der Waals surface area contributed by atoms with Gasteiger partial charge in [-0.3, -0.25) is 0 Å². The average Bonchev–Trinajstić information content (AvgIpc) is 2.50. The Morgan fingerprint density at radius 2 is 1.86 bits per heavy atom. The second-order valence-electron chi connectivity index (χ2n) is 5.38. The standard InChI is InChI=1S/C18H22N2O2/c1-12-9-10-13(2)15(11-12)14(3)19-18(21)20-16-7-5-6-8-17(16)22-4/h5-11,14H,1-4H3,(H2,19,20,21)/t14-/m0/s1. The van der Waals surface area contributed by atoms with E-state index in [1.807, 2.05) is 39.0 Å². The minimum Gasteiger partial charge on any atom is -0.495 e. The Morgan fingerprint density at radius 1 is 1.14 bits per heavy atom. The predicted molar refractivity (Wildman–Crippen MR) is 89.5 cm³/mol. The summed E-state index contributed by atoms with van der Waals surface area (Å²) in [7, 11) is 1.58. The predicted octanol–water partition coefficient (Wildman–Crippen LogP) is 4.19. The van der Waals surface area contributed by atoms with Crippen molar-refractivity contribution >= 4 is 11.7 Å². The molecule has 2 aromatic carbocycles. The Balaban J connectivity index is 2.07. The summed E-state index contributed by atoms with van der Waals surface area (Å²) < 4.78 is 5.23. The lowest BCUT2D eigenvalue weighted by Crippen LogP contribution is -2.31. The van der Waals surface area contributed by atoms with Crippen molar-refractivity contribution in [1.82, 2.24) is 5.32 Å². The summed E-state index contributed by atoms with van der Waals surface area (Å²) in [5.74, 6) is 0.636. The number of benzene rings is 2. The number of carbonyl (C=O) groups is 1. The first-order valence-corrected chi connectivity index (χ1v) is 7.29. The van der Waals surface area contributed by atoms with Crippen LogP contribution in [0.1, 0.15) is 29.7 Å². The van der Waals surface area contributed by atoms with Crippen LogP contribution < -0.4 is 15.4 Å². The molecule has 0 unspecified atom stereocenters. The molecular formula is C18H22N2O2. The molecule has 2 rings (SSSR count). The fourth-order valence-corrected chi connectivity index (χ4v) is 2.41. The fraction of sp³-hybridized carbons (Fsp3) is 0.278. The summed E-state index contributed by atoms with van der Waals surface area (Å²) in [6.07, 6.45) is 0. The number of amides is 2. The van der Waals surface area contributed by atoms with E-state index in [1.54, 1.807) is 13.2 Å². The molecule has 0 radical (unpaired) electrons. The van der Waals surface area contributed by atoms with E-state index in [2.05, 4.69) is 28.8 Å². The molecule has 0 saturated carbocycles. The number of methoxy groups -OCH3 is 1. The first kappa shape index (κ1) is 15.9. The van der Waals surface area contributed by atoms with Gasteiger partial charge in [0.2, 0.25) is 0 Å². The van der Waals surface area contributed by atoms with Crippen LogP contribution in [0.4, 0.5) is 10.5 Å². The van der Waals surface area contributed by atoms with Gasteiger partial charge in [0.05, 0.1) is 18.8 Å². The van der Waals surface area contributed by atoms with Crippen molar-refractivity contribution in [2.45, 2.75) is 26.8 Å². The van der Waals surface area contributed by atoms with Gasteiger partial charge in [0.1, 0.15) is 5.75 Å². The number of hydrogen-bond donors (Lipinski definition) is 2. The van der Waals surface area contributed by atoms with Gasteiger partial charge >= 0.3 is 6.03 Å². The van der Waals surface area contributed by atoms with Crippen LogP contribution in [0.25, 0.3) is 0 Å². The van der Waals surface area contributed by atoms with E-state index in [0.29, 0.717) is 11.4 Å². The van der Waals surface area contributed by atoms with Gasteiger partial charge in [-0.25, -0.2) is 4.79 Å². The highest BCUT2D eigenvalue weighted by Crippen LogP contribution is 2.23. The quantitative estimate of drug-likeness (QED) is 0.889. The SMILES string of the molecule is COc1ccccc1NC(=O)N[C@@H](C)c1cc(C)ccc1C. The molecule has 0 aromatic heterocycles. The van der Waals surface area contributed by atoms with Crippen molar-refractivity contribution in [3.8, 4) is 5.75 Å². The highest BCUT2D eigenvalue weighted by atomic mass is 16.5. The lowest BCUT2D eigenvalue weighted by Gasteiger charge is -2.18. The molecule has 0 aliphatic rings. The molecule has 22 heavy (non-hydrogen) atoms. The van der Waals surface area contributed by atoms with Gasteiger partial charge in [0.15, 0.2) is 0 Å². The van der Waals surface area contributed by atoms with E-state index in [-0.39, 0.29) is 12.1 Å². The Bertz CT molecular complexity index is 668. The lowest BCUT2D eigenvalue weighted by molar-refractivity contribution is 0.249. The van der Waals surface area contributed by atoms with Crippen LogP contribution in [0.5, 0.6) is 5.75 Å². The second-order valence-corrected chi connectivity index (χ2v) is 5.38. The number of aryl methyl sites for hydroxylation is 2. The molecule has 0 saturated heterocycles. The van der Waals surface area contributed by atoms with E-state index in [0.717, 1.165) is 11.1 Å². The van der Waals surface area contributed by atoms with E-state index in [4.69, 9.17) is 4.74 Å². The zero-order valence-corrected chi connectivity index (χ0v) is 13.4. The molecule has 2 N–H and O–H groups in total. The Morgan fingerprint density at radius 3 is 2.59 bits per heavy atom.